The summed E-state index contributed by atoms with van der Waals surface area (Å²) in [4.78, 5) is 27.4. The number of rotatable bonds is 3. The van der Waals surface area contributed by atoms with Gasteiger partial charge in [-0.15, -0.1) is 0 Å². The maximum Gasteiger partial charge on any atom is 0.410 e. The van der Waals surface area contributed by atoms with Crippen molar-refractivity contribution in [2.45, 2.75) is 51.3 Å². The Morgan fingerprint density at radius 3 is 2.37 bits per heavy atom. The molecule has 148 valence electrons. The van der Waals surface area contributed by atoms with Crippen LogP contribution in [0, 0.1) is 11.7 Å². The number of ether oxygens (including phenoxy) is 3. The Labute approximate surface area is 158 Å². The number of fused-ring (bicyclic) bond motifs is 2. The number of halogens is 1. The number of para-hydroxylation sites is 1. The van der Waals surface area contributed by atoms with Crippen LogP contribution in [0.5, 0.6) is 5.75 Å². The van der Waals surface area contributed by atoms with E-state index in [4.69, 9.17) is 14.2 Å². The second-order valence-electron chi connectivity index (χ2n) is 8.09. The van der Waals surface area contributed by atoms with Gasteiger partial charge in [0.2, 0.25) is 0 Å². The number of nitrogens with zero attached hydrogens (tertiary/aromatic N) is 1. The van der Waals surface area contributed by atoms with E-state index in [-0.39, 0.29) is 41.2 Å². The van der Waals surface area contributed by atoms with E-state index in [0.717, 1.165) is 0 Å². The molecule has 2 atom stereocenters. The van der Waals surface area contributed by atoms with Crippen molar-refractivity contribution in [1.82, 2.24) is 4.90 Å². The monoisotopic (exact) mass is 379 g/mol. The third kappa shape index (κ3) is 4.08. The lowest BCUT2D eigenvalue weighted by molar-refractivity contribution is -0.0861. The molecular formula is C20H26FNO5. The first-order chi connectivity index (χ1) is 12.7. The molecule has 0 aromatic heterocycles. The summed E-state index contributed by atoms with van der Waals surface area (Å²) in [6.45, 7) is 6.19. The van der Waals surface area contributed by atoms with Crippen molar-refractivity contribution >= 4 is 11.9 Å². The number of amides is 1. The zero-order valence-corrected chi connectivity index (χ0v) is 16.2. The van der Waals surface area contributed by atoms with Gasteiger partial charge in [-0.1, -0.05) is 6.07 Å². The van der Waals surface area contributed by atoms with Gasteiger partial charge in [0.15, 0.2) is 17.3 Å². The van der Waals surface area contributed by atoms with E-state index in [1.807, 2.05) is 20.8 Å². The van der Waals surface area contributed by atoms with Crippen LogP contribution in [0.4, 0.5) is 9.18 Å². The Kier molecular flexibility index (Phi) is 5.42. The van der Waals surface area contributed by atoms with E-state index in [1.165, 1.54) is 19.2 Å². The van der Waals surface area contributed by atoms with Crippen LogP contribution in [0.25, 0.3) is 0 Å². The molecule has 2 aliphatic rings. The van der Waals surface area contributed by atoms with E-state index >= 15 is 0 Å². The van der Waals surface area contributed by atoms with Gasteiger partial charge in [-0.25, -0.2) is 9.18 Å². The van der Waals surface area contributed by atoms with Crippen LogP contribution in [0.2, 0.25) is 0 Å². The fourth-order valence-corrected chi connectivity index (χ4v) is 3.87. The average molecular weight is 379 g/mol. The molecule has 1 aromatic carbocycles. The molecule has 0 radical (unpaired) electrons. The average Bonchev–Trinajstić information content (AvgIpc) is 2.58. The maximum atomic E-state index is 14.0. The molecule has 2 saturated heterocycles. The van der Waals surface area contributed by atoms with Gasteiger partial charge in [-0.2, -0.15) is 0 Å². The predicted octanol–water partition coefficient (Wildman–Crippen LogP) is 3.43. The molecule has 1 aromatic rings. The third-order valence-electron chi connectivity index (χ3n) is 4.93. The lowest BCUT2D eigenvalue weighted by Crippen LogP contribution is -2.60. The van der Waals surface area contributed by atoms with Crippen LogP contribution < -0.4 is 4.74 Å². The standard InChI is InChI=1S/C20H26FNO5/c1-20(2,3)27-19(24)22-13-8-12(9-14(22)11-26-10-13)17(23)15-6-5-7-16(21)18(15)25-4/h5-7,12-14H,8-11H2,1-4H3. The number of benzene rings is 1. The van der Waals surface area contributed by atoms with Crippen molar-refractivity contribution in [3.8, 4) is 5.75 Å². The highest BCUT2D eigenvalue weighted by Crippen LogP contribution is 2.36. The van der Waals surface area contributed by atoms with Crippen LogP contribution >= 0.6 is 0 Å². The zero-order chi connectivity index (χ0) is 19.8. The maximum absolute atomic E-state index is 14.0. The molecular weight excluding hydrogens is 353 g/mol. The molecule has 0 N–H and O–H groups in total. The number of ketones is 1. The number of morpholine rings is 1. The van der Waals surface area contributed by atoms with Gasteiger partial charge in [0.25, 0.3) is 0 Å². The first-order valence-corrected chi connectivity index (χ1v) is 9.17. The van der Waals surface area contributed by atoms with Gasteiger partial charge in [-0.05, 0) is 45.7 Å². The smallest absolute Gasteiger partial charge is 0.410 e. The summed E-state index contributed by atoms with van der Waals surface area (Å²) in [5.41, 5.74) is -0.347. The summed E-state index contributed by atoms with van der Waals surface area (Å²) in [6, 6.07) is 3.88. The molecule has 1 amide bonds. The number of methoxy groups -OCH3 is 1. The highest BCUT2D eigenvalue weighted by atomic mass is 19.1. The van der Waals surface area contributed by atoms with Crippen molar-refractivity contribution in [3.05, 3.63) is 29.6 Å². The van der Waals surface area contributed by atoms with E-state index in [1.54, 1.807) is 11.0 Å². The molecule has 7 heteroatoms. The molecule has 2 fully saturated rings. The van der Waals surface area contributed by atoms with E-state index < -0.39 is 11.4 Å². The first kappa shape index (κ1) is 19.6. The number of hydrogen-bond donors (Lipinski definition) is 0. The molecule has 2 unspecified atom stereocenters. The summed E-state index contributed by atoms with van der Waals surface area (Å²) in [7, 11) is 1.35. The molecule has 6 nitrogen and oxygen atoms in total. The Hall–Kier alpha value is -2.15. The number of carbonyl (C=O) groups excluding carboxylic acids is 2. The van der Waals surface area contributed by atoms with Crippen molar-refractivity contribution in [2.24, 2.45) is 5.92 Å². The molecule has 2 heterocycles. The molecule has 2 aliphatic heterocycles. The normalized spacial score (nSPS) is 25.1. The Morgan fingerprint density at radius 1 is 1.19 bits per heavy atom. The highest BCUT2D eigenvalue weighted by molar-refractivity contribution is 6.00. The van der Waals surface area contributed by atoms with E-state index in [2.05, 4.69) is 0 Å². The summed E-state index contributed by atoms with van der Waals surface area (Å²) in [5, 5.41) is 0. The summed E-state index contributed by atoms with van der Waals surface area (Å²) in [6.07, 6.45) is 0.526. The largest absolute Gasteiger partial charge is 0.493 e. The minimum atomic E-state index is -0.589. The molecule has 2 bridgehead atoms. The summed E-state index contributed by atoms with van der Waals surface area (Å²) >= 11 is 0. The number of Topliss-reactive ketones (excluding diaryl/α,β-unsaturated/α-hetero) is 1. The summed E-state index contributed by atoms with van der Waals surface area (Å²) in [5.74, 6) is -1.07. The van der Waals surface area contributed by atoms with Crippen molar-refractivity contribution < 1.29 is 28.2 Å². The fourth-order valence-electron chi connectivity index (χ4n) is 3.87. The van der Waals surface area contributed by atoms with Gasteiger partial charge >= 0.3 is 6.09 Å². The zero-order valence-electron chi connectivity index (χ0n) is 16.2. The highest BCUT2D eigenvalue weighted by Gasteiger charge is 2.45. The second kappa shape index (κ2) is 7.46. The minimum Gasteiger partial charge on any atom is -0.493 e. The topological polar surface area (TPSA) is 65.1 Å². The second-order valence-corrected chi connectivity index (χ2v) is 8.09. The summed E-state index contributed by atoms with van der Waals surface area (Å²) < 4.78 is 30.2. The number of piperidine rings is 1. The van der Waals surface area contributed by atoms with Gasteiger partial charge < -0.3 is 14.2 Å². The van der Waals surface area contributed by atoms with Gasteiger partial charge in [0.1, 0.15) is 5.60 Å². The van der Waals surface area contributed by atoms with Crippen LogP contribution in [-0.4, -0.2) is 54.8 Å². The van der Waals surface area contributed by atoms with Crippen molar-refractivity contribution in [2.75, 3.05) is 20.3 Å². The van der Waals surface area contributed by atoms with Crippen LogP contribution in [0.1, 0.15) is 44.0 Å². The third-order valence-corrected chi connectivity index (χ3v) is 4.93. The molecule has 0 spiro atoms. The van der Waals surface area contributed by atoms with E-state index in [0.29, 0.717) is 26.1 Å². The predicted molar refractivity (Wildman–Crippen MR) is 96.5 cm³/mol. The molecule has 27 heavy (non-hydrogen) atoms. The van der Waals surface area contributed by atoms with Crippen molar-refractivity contribution in [3.63, 3.8) is 0 Å². The quantitative estimate of drug-likeness (QED) is 0.753. The van der Waals surface area contributed by atoms with Crippen LogP contribution in [0.3, 0.4) is 0 Å². The molecule has 0 aliphatic carbocycles. The van der Waals surface area contributed by atoms with Crippen molar-refractivity contribution in [1.29, 1.82) is 0 Å². The SMILES string of the molecule is COc1c(F)cccc1C(=O)C1CC2COCC(C1)N2C(=O)OC(C)(C)C. The Bertz CT molecular complexity index is 716. The van der Waals surface area contributed by atoms with Gasteiger partial charge in [0.05, 0.1) is 38.0 Å². The molecule has 3 rings (SSSR count). The lowest BCUT2D eigenvalue weighted by Gasteiger charge is -2.47. The van der Waals surface area contributed by atoms with Crippen LogP contribution in [0.15, 0.2) is 18.2 Å². The molecule has 0 saturated carbocycles. The fraction of sp³-hybridized carbons (Fsp3) is 0.600. The van der Waals surface area contributed by atoms with E-state index in [9.17, 15) is 14.0 Å². The number of carbonyl (C=O) groups is 2. The van der Waals surface area contributed by atoms with Gasteiger partial charge in [-0.3, -0.25) is 9.69 Å². The van der Waals surface area contributed by atoms with Gasteiger partial charge in [0, 0.05) is 5.92 Å². The van der Waals surface area contributed by atoms with Crippen LogP contribution in [-0.2, 0) is 9.47 Å². The Balaban J connectivity index is 1.80. The number of hydrogen-bond acceptors (Lipinski definition) is 5. The Morgan fingerprint density at radius 2 is 1.81 bits per heavy atom. The first-order valence-electron chi connectivity index (χ1n) is 9.17. The minimum absolute atomic E-state index is 0.0292. The lowest BCUT2D eigenvalue weighted by atomic mass is 9.80.